The summed E-state index contributed by atoms with van der Waals surface area (Å²) in [5, 5.41) is 14.0. The fourth-order valence-electron chi connectivity index (χ4n) is 2.98. The molecule has 9 heteroatoms. The predicted molar refractivity (Wildman–Crippen MR) is 108 cm³/mol. The van der Waals surface area contributed by atoms with Crippen LogP contribution in [0.3, 0.4) is 0 Å². The SMILES string of the molecule is COc1cc(NC(=O)c2ccc([N+](=O)[O-])o2)ccc1-c1cc2ccccc2oc1=O. The molecule has 1 amide bonds. The Hall–Kier alpha value is -4.40. The summed E-state index contributed by atoms with van der Waals surface area (Å²) in [6, 6.07) is 15.9. The van der Waals surface area contributed by atoms with Gasteiger partial charge in [0.05, 0.1) is 18.7 Å². The number of methoxy groups -OCH3 is 1. The van der Waals surface area contributed by atoms with Crippen LogP contribution in [0.4, 0.5) is 11.6 Å². The van der Waals surface area contributed by atoms with Gasteiger partial charge in [-0.2, -0.15) is 0 Å². The highest BCUT2D eigenvalue weighted by atomic mass is 16.6. The van der Waals surface area contributed by atoms with Gasteiger partial charge in [0.2, 0.25) is 0 Å². The number of hydrogen-bond donors (Lipinski definition) is 1. The normalized spacial score (nSPS) is 10.7. The maximum atomic E-state index is 12.4. The van der Waals surface area contributed by atoms with Gasteiger partial charge in [-0.05, 0) is 30.3 Å². The molecule has 0 spiro atoms. The van der Waals surface area contributed by atoms with Crippen molar-refractivity contribution in [2.75, 3.05) is 12.4 Å². The van der Waals surface area contributed by atoms with Gasteiger partial charge in [0.25, 0.3) is 5.91 Å². The first-order chi connectivity index (χ1) is 14.5. The van der Waals surface area contributed by atoms with Crippen LogP contribution in [0, 0.1) is 10.1 Å². The summed E-state index contributed by atoms with van der Waals surface area (Å²) in [6.07, 6.45) is 0. The molecule has 0 aliphatic carbocycles. The van der Waals surface area contributed by atoms with E-state index in [9.17, 15) is 19.7 Å². The van der Waals surface area contributed by atoms with E-state index in [4.69, 9.17) is 13.6 Å². The second-order valence-electron chi connectivity index (χ2n) is 6.25. The standard InChI is InChI=1S/C21H14N2O7/c1-28-18-11-13(22-20(24)17-8-9-19(29-17)23(26)27)6-7-14(18)15-10-12-4-2-3-5-16(12)30-21(15)25/h2-11H,1H3,(H,22,24). The monoisotopic (exact) mass is 406 g/mol. The number of amides is 1. The summed E-state index contributed by atoms with van der Waals surface area (Å²) in [5.74, 6) is -1.07. The maximum Gasteiger partial charge on any atom is 0.433 e. The molecule has 4 rings (SSSR count). The van der Waals surface area contributed by atoms with E-state index in [1.165, 1.54) is 19.2 Å². The van der Waals surface area contributed by atoms with Crippen LogP contribution in [0.2, 0.25) is 0 Å². The van der Waals surface area contributed by atoms with Crippen LogP contribution in [-0.4, -0.2) is 17.9 Å². The fraction of sp³-hybridized carbons (Fsp3) is 0.0476. The lowest BCUT2D eigenvalue weighted by atomic mass is 10.0. The highest BCUT2D eigenvalue weighted by molar-refractivity contribution is 6.02. The molecular weight excluding hydrogens is 392 g/mol. The molecule has 0 saturated heterocycles. The summed E-state index contributed by atoms with van der Waals surface area (Å²) < 4.78 is 15.6. The van der Waals surface area contributed by atoms with Crippen molar-refractivity contribution in [1.82, 2.24) is 0 Å². The number of nitro groups is 1. The molecule has 0 radical (unpaired) electrons. The number of nitrogens with zero attached hydrogens (tertiary/aromatic N) is 1. The lowest BCUT2D eigenvalue weighted by molar-refractivity contribution is -0.402. The minimum absolute atomic E-state index is 0.208. The highest BCUT2D eigenvalue weighted by Gasteiger charge is 2.19. The number of carbonyl (C=O) groups excluding carboxylic acids is 1. The molecule has 1 N–H and O–H groups in total. The molecule has 0 bridgehead atoms. The Kier molecular flexibility index (Phi) is 4.77. The van der Waals surface area contributed by atoms with E-state index >= 15 is 0 Å². The van der Waals surface area contributed by atoms with Crippen LogP contribution >= 0.6 is 0 Å². The van der Waals surface area contributed by atoms with Gasteiger partial charge < -0.3 is 18.9 Å². The van der Waals surface area contributed by atoms with Gasteiger partial charge in [-0.25, -0.2) is 4.79 Å². The van der Waals surface area contributed by atoms with E-state index in [2.05, 4.69) is 5.32 Å². The Morgan fingerprint density at radius 2 is 1.83 bits per heavy atom. The zero-order valence-electron chi connectivity index (χ0n) is 15.6. The van der Waals surface area contributed by atoms with E-state index in [1.807, 2.05) is 12.1 Å². The Morgan fingerprint density at radius 3 is 2.57 bits per heavy atom. The number of carbonyl (C=O) groups is 1. The average Bonchev–Trinajstić information content (AvgIpc) is 3.24. The zero-order valence-corrected chi connectivity index (χ0v) is 15.6. The Morgan fingerprint density at radius 1 is 1.03 bits per heavy atom. The minimum atomic E-state index is -0.732. The largest absolute Gasteiger partial charge is 0.496 e. The highest BCUT2D eigenvalue weighted by Crippen LogP contribution is 2.32. The van der Waals surface area contributed by atoms with Crippen molar-refractivity contribution in [3.63, 3.8) is 0 Å². The van der Waals surface area contributed by atoms with Crippen molar-refractivity contribution in [2.24, 2.45) is 0 Å². The Labute approximate surface area is 168 Å². The minimum Gasteiger partial charge on any atom is -0.496 e. The quantitative estimate of drug-likeness (QED) is 0.299. The van der Waals surface area contributed by atoms with Gasteiger partial charge in [0, 0.05) is 22.7 Å². The van der Waals surface area contributed by atoms with E-state index in [1.54, 1.807) is 30.3 Å². The number of fused-ring (bicyclic) bond motifs is 1. The van der Waals surface area contributed by atoms with E-state index in [-0.39, 0.29) is 5.76 Å². The van der Waals surface area contributed by atoms with Crippen LogP contribution in [0.5, 0.6) is 5.75 Å². The number of ether oxygens (including phenoxy) is 1. The topological polar surface area (TPSA) is 125 Å². The molecule has 0 saturated carbocycles. The summed E-state index contributed by atoms with van der Waals surface area (Å²) in [7, 11) is 1.43. The van der Waals surface area contributed by atoms with Gasteiger partial charge in [0.1, 0.15) is 16.3 Å². The third-order valence-electron chi connectivity index (χ3n) is 4.39. The van der Waals surface area contributed by atoms with Crippen molar-refractivity contribution < 1.29 is 23.3 Å². The first-order valence-electron chi connectivity index (χ1n) is 8.73. The molecule has 0 aliphatic rings. The number of nitrogens with one attached hydrogen (secondary N) is 1. The van der Waals surface area contributed by atoms with Crippen molar-refractivity contribution in [2.45, 2.75) is 0 Å². The summed E-state index contributed by atoms with van der Waals surface area (Å²) >= 11 is 0. The number of benzene rings is 2. The van der Waals surface area contributed by atoms with Crippen LogP contribution in [0.25, 0.3) is 22.1 Å². The molecular formula is C21H14N2O7. The van der Waals surface area contributed by atoms with Crippen LogP contribution < -0.4 is 15.7 Å². The fourth-order valence-corrected chi connectivity index (χ4v) is 2.98. The zero-order chi connectivity index (χ0) is 21.3. The van der Waals surface area contributed by atoms with Crippen LogP contribution in [0.15, 0.2) is 74.3 Å². The summed E-state index contributed by atoms with van der Waals surface area (Å²) in [6.45, 7) is 0. The second kappa shape index (κ2) is 7.55. The van der Waals surface area contributed by atoms with E-state index in [0.29, 0.717) is 28.1 Å². The molecule has 0 fully saturated rings. The van der Waals surface area contributed by atoms with Gasteiger partial charge in [-0.15, -0.1) is 0 Å². The lowest BCUT2D eigenvalue weighted by Crippen LogP contribution is -2.11. The van der Waals surface area contributed by atoms with E-state index in [0.717, 1.165) is 11.5 Å². The van der Waals surface area contributed by atoms with Crippen molar-refractivity contribution >= 4 is 28.4 Å². The molecule has 2 heterocycles. The van der Waals surface area contributed by atoms with Gasteiger partial charge >= 0.3 is 11.5 Å². The number of anilines is 1. The van der Waals surface area contributed by atoms with E-state index < -0.39 is 22.3 Å². The van der Waals surface area contributed by atoms with Crippen molar-refractivity contribution in [1.29, 1.82) is 0 Å². The molecule has 0 atom stereocenters. The Bertz CT molecular complexity index is 1340. The maximum absolute atomic E-state index is 12.4. The summed E-state index contributed by atoms with van der Waals surface area (Å²) in [5.41, 5.74) is 1.10. The lowest BCUT2D eigenvalue weighted by Gasteiger charge is -2.11. The smallest absolute Gasteiger partial charge is 0.433 e. The number of furan rings is 1. The van der Waals surface area contributed by atoms with Crippen LogP contribution in [0.1, 0.15) is 10.6 Å². The first-order valence-corrected chi connectivity index (χ1v) is 8.73. The first kappa shape index (κ1) is 18.9. The Balaban J connectivity index is 1.66. The molecule has 150 valence electrons. The number of para-hydroxylation sites is 1. The number of rotatable bonds is 5. The van der Waals surface area contributed by atoms with Crippen molar-refractivity contribution in [3.05, 3.63) is 87.0 Å². The average molecular weight is 406 g/mol. The molecule has 2 aromatic carbocycles. The van der Waals surface area contributed by atoms with Gasteiger partial charge in [-0.3, -0.25) is 14.9 Å². The molecule has 0 unspecified atom stereocenters. The molecule has 4 aromatic rings. The van der Waals surface area contributed by atoms with Crippen molar-refractivity contribution in [3.8, 4) is 16.9 Å². The third-order valence-corrected chi connectivity index (χ3v) is 4.39. The summed E-state index contributed by atoms with van der Waals surface area (Å²) in [4.78, 5) is 34.7. The van der Waals surface area contributed by atoms with Gasteiger partial charge in [-0.1, -0.05) is 18.2 Å². The third kappa shape index (κ3) is 3.51. The molecule has 2 aromatic heterocycles. The molecule has 0 aliphatic heterocycles. The number of hydrogen-bond acceptors (Lipinski definition) is 7. The molecule has 30 heavy (non-hydrogen) atoms. The molecule has 9 nitrogen and oxygen atoms in total. The van der Waals surface area contributed by atoms with Crippen LogP contribution in [-0.2, 0) is 0 Å². The predicted octanol–water partition coefficient (Wildman–Crippen LogP) is 4.22. The second-order valence-corrected chi connectivity index (χ2v) is 6.25. The van der Waals surface area contributed by atoms with Gasteiger partial charge in [0.15, 0.2) is 5.76 Å².